The molecule has 0 amide bonds. The molecule has 0 aliphatic rings. The highest BCUT2D eigenvalue weighted by Gasteiger charge is 2.05. The van der Waals surface area contributed by atoms with Crippen molar-refractivity contribution in [3.8, 4) is 0 Å². The van der Waals surface area contributed by atoms with E-state index in [0.29, 0.717) is 0 Å². The van der Waals surface area contributed by atoms with Crippen LogP contribution in [0.1, 0.15) is 24.6 Å². The molecule has 0 saturated carbocycles. The predicted octanol–water partition coefficient (Wildman–Crippen LogP) is 2.79. The Labute approximate surface area is 123 Å². The predicted molar refractivity (Wildman–Crippen MR) is 86.3 cm³/mol. The van der Waals surface area contributed by atoms with Crippen molar-refractivity contribution in [1.82, 2.24) is 10.3 Å². The highest BCUT2D eigenvalue weighted by molar-refractivity contribution is 7.84. The van der Waals surface area contributed by atoms with Gasteiger partial charge in [0.15, 0.2) is 0 Å². The van der Waals surface area contributed by atoms with E-state index in [9.17, 15) is 4.21 Å². The molecule has 108 valence electrons. The van der Waals surface area contributed by atoms with Gasteiger partial charge in [-0.1, -0.05) is 19.1 Å². The molecule has 1 N–H and O–H groups in total. The summed E-state index contributed by atoms with van der Waals surface area (Å²) in [5.74, 6) is 0. The largest absolute Gasteiger partial charge is 0.313 e. The second kappa shape index (κ2) is 6.95. The van der Waals surface area contributed by atoms with E-state index in [2.05, 4.69) is 34.6 Å². The molecule has 2 atom stereocenters. The maximum atomic E-state index is 11.3. The lowest BCUT2D eigenvalue weighted by atomic mass is 10.1. The summed E-state index contributed by atoms with van der Waals surface area (Å²) in [5, 5.41) is 4.84. The fourth-order valence-electron chi connectivity index (χ4n) is 2.09. The van der Waals surface area contributed by atoms with Gasteiger partial charge in [0.2, 0.25) is 0 Å². The molecule has 0 fully saturated rings. The number of benzene rings is 1. The Morgan fingerprint density at radius 3 is 2.85 bits per heavy atom. The molecule has 3 nitrogen and oxygen atoms in total. The van der Waals surface area contributed by atoms with Crippen LogP contribution in [0.5, 0.6) is 0 Å². The Morgan fingerprint density at radius 1 is 1.30 bits per heavy atom. The van der Waals surface area contributed by atoms with E-state index in [0.717, 1.165) is 30.7 Å². The lowest BCUT2D eigenvalue weighted by Gasteiger charge is -2.09. The highest BCUT2D eigenvalue weighted by atomic mass is 32.2. The first-order valence-electron chi connectivity index (χ1n) is 6.95. The molecule has 1 aromatic heterocycles. The van der Waals surface area contributed by atoms with E-state index >= 15 is 0 Å². The lowest BCUT2D eigenvalue weighted by Crippen LogP contribution is -2.20. The number of pyridine rings is 1. The van der Waals surface area contributed by atoms with Gasteiger partial charge in [0, 0.05) is 39.9 Å². The Hall–Kier alpha value is -1.26. The molecule has 0 bridgehead atoms. The molecule has 0 radical (unpaired) electrons. The second-order valence-corrected chi connectivity index (χ2v) is 7.06. The summed E-state index contributed by atoms with van der Waals surface area (Å²) in [5.41, 5.74) is 3.35. The van der Waals surface area contributed by atoms with Crippen LogP contribution in [0.2, 0.25) is 0 Å². The molecule has 2 aromatic rings. The van der Waals surface area contributed by atoms with Gasteiger partial charge in [-0.05, 0) is 43.7 Å². The first-order valence-corrected chi connectivity index (χ1v) is 8.57. The first-order chi connectivity index (χ1) is 9.56. The van der Waals surface area contributed by atoms with Gasteiger partial charge in [0.05, 0.1) is 5.52 Å². The van der Waals surface area contributed by atoms with Crippen molar-refractivity contribution < 1.29 is 4.21 Å². The molecule has 2 rings (SSSR count). The smallest absolute Gasteiger partial charge is 0.0705 e. The zero-order chi connectivity index (χ0) is 14.5. The van der Waals surface area contributed by atoms with Gasteiger partial charge in [-0.15, -0.1) is 0 Å². The monoisotopic (exact) mass is 290 g/mol. The molecular formula is C16H22N2OS. The van der Waals surface area contributed by atoms with Crippen LogP contribution < -0.4 is 5.32 Å². The van der Waals surface area contributed by atoms with Gasteiger partial charge >= 0.3 is 0 Å². The Kier molecular flexibility index (Phi) is 5.26. The highest BCUT2D eigenvalue weighted by Crippen LogP contribution is 2.14. The zero-order valence-electron chi connectivity index (χ0n) is 12.3. The van der Waals surface area contributed by atoms with Crippen LogP contribution in [-0.2, 0) is 17.3 Å². The fourth-order valence-corrected chi connectivity index (χ4v) is 2.54. The molecule has 0 aliphatic heterocycles. The average molecular weight is 290 g/mol. The number of rotatable bonds is 6. The number of fused-ring (bicyclic) bond motifs is 1. The number of aryl methyl sites for hydroxylation is 1. The first kappa shape index (κ1) is 15.1. The van der Waals surface area contributed by atoms with Crippen LogP contribution in [0.15, 0.2) is 30.3 Å². The minimum absolute atomic E-state index is 0.256. The molecule has 0 aliphatic carbocycles. The summed E-state index contributed by atoms with van der Waals surface area (Å²) >= 11 is 0. The van der Waals surface area contributed by atoms with Gasteiger partial charge in [-0.25, -0.2) is 0 Å². The number of hydrogen-bond donors (Lipinski definition) is 1. The third-order valence-corrected chi connectivity index (χ3v) is 4.89. The van der Waals surface area contributed by atoms with Gasteiger partial charge < -0.3 is 5.32 Å². The number of nitrogens with one attached hydrogen (secondary N) is 1. The summed E-state index contributed by atoms with van der Waals surface area (Å²) in [6.07, 6.45) is 2.71. The lowest BCUT2D eigenvalue weighted by molar-refractivity contribution is 0.629. The summed E-state index contributed by atoms with van der Waals surface area (Å²) in [6.45, 7) is 5.77. The van der Waals surface area contributed by atoms with Crippen molar-refractivity contribution in [2.75, 3.05) is 12.8 Å². The minimum Gasteiger partial charge on any atom is -0.313 e. The van der Waals surface area contributed by atoms with E-state index in [1.807, 2.05) is 19.9 Å². The van der Waals surface area contributed by atoms with E-state index in [1.165, 1.54) is 10.9 Å². The zero-order valence-corrected chi connectivity index (χ0v) is 13.2. The van der Waals surface area contributed by atoms with Crippen molar-refractivity contribution >= 4 is 21.7 Å². The molecule has 2 unspecified atom stereocenters. The summed E-state index contributed by atoms with van der Waals surface area (Å²) in [7, 11) is -0.727. The van der Waals surface area contributed by atoms with Crippen LogP contribution in [0.4, 0.5) is 0 Å². The number of hydrogen-bond acceptors (Lipinski definition) is 3. The SMILES string of the molecule is Cc1ccc2cc(CNCCC(C)S(C)=O)ccc2n1. The van der Waals surface area contributed by atoms with Gasteiger partial charge in [-0.2, -0.15) is 0 Å². The average Bonchev–Trinajstić information content (AvgIpc) is 2.43. The van der Waals surface area contributed by atoms with Gasteiger partial charge in [0.1, 0.15) is 0 Å². The Bertz CT molecular complexity index is 612. The Balaban J connectivity index is 1.90. The van der Waals surface area contributed by atoms with Crippen molar-refractivity contribution in [2.24, 2.45) is 0 Å². The van der Waals surface area contributed by atoms with Crippen LogP contribution in [-0.4, -0.2) is 27.2 Å². The van der Waals surface area contributed by atoms with E-state index in [4.69, 9.17) is 0 Å². The van der Waals surface area contributed by atoms with Crippen molar-refractivity contribution in [2.45, 2.75) is 32.1 Å². The molecule has 0 saturated heterocycles. The molecule has 0 spiro atoms. The second-order valence-electron chi connectivity index (χ2n) is 5.25. The molecule has 1 heterocycles. The van der Waals surface area contributed by atoms with Crippen molar-refractivity contribution in [3.63, 3.8) is 0 Å². The topological polar surface area (TPSA) is 42.0 Å². The minimum atomic E-state index is -0.727. The fraction of sp³-hybridized carbons (Fsp3) is 0.438. The van der Waals surface area contributed by atoms with E-state index < -0.39 is 10.8 Å². The number of aromatic nitrogens is 1. The van der Waals surface area contributed by atoms with Crippen LogP contribution in [0.3, 0.4) is 0 Å². The van der Waals surface area contributed by atoms with Gasteiger partial charge in [-0.3, -0.25) is 9.19 Å². The Morgan fingerprint density at radius 2 is 2.10 bits per heavy atom. The molecule has 20 heavy (non-hydrogen) atoms. The molecule has 1 aromatic carbocycles. The van der Waals surface area contributed by atoms with Crippen molar-refractivity contribution in [3.05, 3.63) is 41.6 Å². The van der Waals surface area contributed by atoms with E-state index in [-0.39, 0.29) is 5.25 Å². The van der Waals surface area contributed by atoms with Crippen LogP contribution >= 0.6 is 0 Å². The summed E-state index contributed by atoms with van der Waals surface area (Å²) in [6, 6.07) is 10.5. The quantitative estimate of drug-likeness (QED) is 0.832. The van der Waals surface area contributed by atoms with Crippen LogP contribution in [0.25, 0.3) is 10.9 Å². The normalized spacial score (nSPS) is 14.3. The standard InChI is InChI=1S/C16H22N2OS/c1-12-4-6-15-10-14(5-7-16(15)18-12)11-17-9-8-13(2)20(3)19/h4-7,10,13,17H,8-9,11H2,1-3H3. The van der Waals surface area contributed by atoms with Crippen LogP contribution in [0, 0.1) is 6.92 Å². The van der Waals surface area contributed by atoms with Crippen molar-refractivity contribution in [1.29, 1.82) is 0 Å². The maximum absolute atomic E-state index is 11.3. The van der Waals surface area contributed by atoms with E-state index in [1.54, 1.807) is 6.26 Å². The maximum Gasteiger partial charge on any atom is 0.0705 e. The van der Waals surface area contributed by atoms with Gasteiger partial charge in [0.25, 0.3) is 0 Å². The molecule has 4 heteroatoms. The molecular weight excluding hydrogens is 268 g/mol. The number of nitrogens with zero attached hydrogens (tertiary/aromatic N) is 1. The summed E-state index contributed by atoms with van der Waals surface area (Å²) < 4.78 is 11.3. The third kappa shape index (κ3) is 4.12. The third-order valence-electron chi connectivity index (χ3n) is 3.52. The summed E-state index contributed by atoms with van der Waals surface area (Å²) in [4.78, 5) is 4.50.